The number of piperidine rings is 1. The molecule has 2 aromatic heterocycles. The van der Waals surface area contributed by atoms with Crippen molar-refractivity contribution >= 4 is 20.7 Å². The topological polar surface area (TPSA) is 73.2 Å². The van der Waals surface area contributed by atoms with Crippen LogP contribution in [-0.4, -0.2) is 43.4 Å². The number of benzene rings is 1. The predicted molar refractivity (Wildman–Crippen MR) is 101 cm³/mol. The second-order valence-electron chi connectivity index (χ2n) is 6.72. The Balaban J connectivity index is 1.64. The van der Waals surface area contributed by atoms with Crippen molar-refractivity contribution in [2.45, 2.75) is 23.8 Å². The first-order valence-electron chi connectivity index (χ1n) is 8.76. The normalized spacial score (nSPS) is 15.9. The summed E-state index contributed by atoms with van der Waals surface area (Å²) in [5.74, 6) is 0.616. The number of fused-ring (bicyclic) bond motifs is 1. The fourth-order valence-electron chi connectivity index (χ4n) is 3.30. The minimum Gasteiger partial charge on any atom is -0.489 e. The number of sulfone groups is 1. The van der Waals surface area contributed by atoms with Gasteiger partial charge in [-0.3, -0.25) is 4.57 Å². The molecule has 3 aromatic rings. The quantitative estimate of drug-likeness (QED) is 0.743. The molecule has 0 amide bonds. The number of nitrogens with one attached hydrogen (secondary N) is 1. The van der Waals surface area contributed by atoms with E-state index in [4.69, 9.17) is 4.74 Å². The maximum atomic E-state index is 14.6. The largest absolute Gasteiger partial charge is 0.489 e. The zero-order valence-corrected chi connectivity index (χ0v) is 15.7. The van der Waals surface area contributed by atoms with Gasteiger partial charge in [-0.1, -0.05) is 0 Å². The molecule has 1 saturated heterocycles. The highest BCUT2D eigenvalue weighted by Crippen LogP contribution is 2.27. The lowest BCUT2D eigenvalue weighted by molar-refractivity contribution is 0.162. The van der Waals surface area contributed by atoms with E-state index in [1.807, 2.05) is 6.07 Å². The summed E-state index contributed by atoms with van der Waals surface area (Å²) in [6, 6.07) is 7.77. The summed E-state index contributed by atoms with van der Waals surface area (Å²) in [5, 5.41) is 3.80. The lowest BCUT2D eigenvalue weighted by atomic mass is 10.1. The summed E-state index contributed by atoms with van der Waals surface area (Å²) < 4.78 is 45.5. The van der Waals surface area contributed by atoms with Crippen LogP contribution in [0.25, 0.3) is 16.7 Å². The molecular weight excluding hydrogens is 369 g/mol. The summed E-state index contributed by atoms with van der Waals surface area (Å²) in [6.45, 7) is 1.89. The summed E-state index contributed by atoms with van der Waals surface area (Å²) in [7, 11) is -3.48. The van der Waals surface area contributed by atoms with Crippen LogP contribution >= 0.6 is 0 Å². The molecule has 0 aliphatic carbocycles. The zero-order valence-electron chi connectivity index (χ0n) is 14.9. The van der Waals surface area contributed by atoms with Crippen molar-refractivity contribution in [1.82, 2.24) is 14.9 Å². The number of hydrogen-bond acceptors (Lipinski definition) is 5. The van der Waals surface area contributed by atoms with E-state index >= 15 is 0 Å². The van der Waals surface area contributed by atoms with Gasteiger partial charge in [0, 0.05) is 17.8 Å². The maximum Gasteiger partial charge on any atom is 0.175 e. The van der Waals surface area contributed by atoms with Crippen LogP contribution in [0.2, 0.25) is 0 Å². The van der Waals surface area contributed by atoms with Gasteiger partial charge in [0.05, 0.1) is 16.6 Å². The van der Waals surface area contributed by atoms with Gasteiger partial charge in [0.15, 0.2) is 9.84 Å². The third-order valence-corrected chi connectivity index (χ3v) is 5.79. The van der Waals surface area contributed by atoms with Crippen LogP contribution in [-0.2, 0) is 9.84 Å². The minimum atomic E-state index is -3.48. The van der Waals surface area contributed by atoms with Crippen molar-refractivity contribution in [2.75, 3.05) is 19.3 Å². The first-order chi connectivity index (χ1) is 12.9. The van der Waals surface area contributed by atoms with Crippen molar-refractivity contribution in [1.29, 1.82) is 0 Å². The van der Waals surface area contributed by atoms with E-state index in [9.17, 15) is 12.8 Å². The van der Waals surface area contributed by atoms with Gasteiger partial charge in [-0.25, -0.2) is 17.8 Å². The van der Waals surface area contributed by atoms with Gasteiger partial charge in [0.2, 0.25) is 0 Å². The Hall–Kier alpha value is -2.45. The van der Waals surface area contributed by atoms with Gasteiger partial charge in [-0.2, -0.15) is 0 Å². The molecule has 0 saturated carbocycles. The number of aromatic nitrogens is 2. The zero-order chi connectivity index (χ0) is 19.0. The highest BCUT2D eigenvalue weighted by Gasteiger charge is 2.17. The minimum absolute atomic E-state index is 0.0380. The molecule has 0 unspecified atom stereocenters. The second-order valence-corrected chi connectivity index (χ2v) is 8.74. The first-order valence-corrected chi connectivity index (χ1v) is 10.7. The number of nitrogens with zero attached hydrogens (tertiary/aromatic N) is 2. The molecule has 3 heterocycles. The van der Waals surface area contributed by atoms with Crippen molar-refractivity contribution < 1.29 is 17.5 Å². The Labute approximate surface area is 156 Å². The van der Waals surface area contributed by atoms with Gasteiger partial charge in [-0.05, 0) is 56.3 Å². The van der Waals surface area contributed by atoms with Crippen LogP contribution in [0, 0.1) is 5.82 Å². The van der Waals surface area contributed by atoms with E-state index in [0.717, 1.165) is 38.3 Å². The fourth-order valence-corrected chi connectivity index (χ4v) is 3.96. The molecule has 1 fully saturated rings. The smallest absolute Gasteiger partial charge is 0.175 e. The highest BCUT2D eigenvalue weighted by molar-refractivity contribution is 7.90. The van der Waals surface area contributed by atoms with Crippen LogP contribution in [0.1, 0.15) is 12.8 Å². The molecule has 1 aromatic carbocycles. The molecule has 1 aliphatic rings. The molecule has 0 radical (unpaired) electrons. The van der Waals surface area contributed by atoms with Gasteiger partial charge in [0.1, 0.15) is 23.5 Å². The van der Waals surface area contributed by atoms with E-state index in [1.54, 1.807) is 29.1 Å². The van der Waals surface area contributed by atoms with Crippen LogP contribution in [0.15, 0.2) is 47.6 Å². The lowest BCUT2D eigenvalue weighted by Gasteiger charge is -2.23. The third kappa shape index (κ3) is 3.68. The Morgan fingerprint density at radius 2 is 2.00 bits per heavy atom. The number of rotatable bonds is 4. The summed E-state index contributed by atoms with van der Waals surface area (Å²) in [6.07, 6.45) is 6.46. The van der Waals surface area contributed by atoms with Crippen molar-refractivity contribution in [3.05, 3.63) is 48.5 Å². The lowest BCUT2D eigenvalue weighted by Crippen LogP contribution is -2.34. The van der Waals surface area contributed by atoms with Gasteiger partial charge < -0.3 is 10.1 Å². The molecular formula is C19H20FN3O3S. The number of hydrogen-bond donors (Lipinski definition) is 1. The van der Waals surface area contributed by atoms with E-state index in [1.165, 1.54) is 6.07 Å². The number of halogens is 1. The van der Waals surface area contributed by atoms with Crippen LogP contribution in [0.5, 0.6) is 5.75 Å². The number of ether oxygens (including phenoxy) is 1. The van der Waals surface area contributed by atoms with E-state index in [2.05, 4.69) is 10.3 Å². The van der Waals surface area contributed by atoms with Gasteiger partial charge in [0.25, 0.3) is 0 Å². The molecule has 4 rings (SSSR count). The Bertz CT molecular complexity index is 1070. The SMILES string of the molecule is CS(=O)(=O)c1cc(F)c2c(ccn2-c2ccc(OC3CCNCC3)cn2)c1. The van der Waals surface area contributed by atoms with E-state index < -0.39 is 15.7 Å². The molecule has 142 valence electrons. The molecule has 6 nitrogen and oxygen atoms in total. The maximum absolute atomic E-state index is 14.6. The van der Waals surface area contributed by atoms with Gasteiger partial charge >= 0.3 is 0 Å². The molecule has 0 spiro atoms. The van der Waals surface area contributed by atoms with E-state index in [-0.39, 0.29) is 11.0 Å². The van der Waals surface area contributed by atoms with Crippen molar-refractivity contribution in [3.63, 3.8) is 0 Å². The summed E-state index contributed by atoms with van der Waals surface area (Å²) >= 11 is 0. The molecule has 0 bridgehead atoms. The van der Waals surface area contributed by atoms with Crippen LogP contribution in [0.3, 0.4) is 0 Å². The molecule has 27 heavy (non-hydrogen) atoms. The number of pyridine rings is 1. The Kier molecular flexibility index (Phi) is 4.61. The van der Waals surface area contributed by atoms with Crippen molar-refractivity contribution in [2.24, 2.45) is 0 Å². The highest BCUT2D eigenvalue weighted by atomic mass is 32.2. The monoisotopic (exact) mass is 389 g/mol. The Morgan fingerprint density at radius 3 is 2.67 bits per heavy atom. The molecule has 1 N–H and O–H groups in total. The average Bonchev–Trinajstić information content (AvgIpc) is 3.07. The Morgan fingerprint density at radius 1 is 1.22 bits per heavy atom. The molecule has 8 heteroatoms. The van der Waals surface area contributed by atoms with Gasteiger partial charge in [-0.15, -0.1) is 0 Å². The molecule has 0 atom stereocenters. The van der Waals surface area contributed by atoms with E-state index in [0.29, 0.717) is 22.5 Å². The summed E-state index contributed by atoms with van der Waals surface area (Å²) in [5.41, 5.74) is 0.293. The van der Waals surface area contributed by atoms with Crippen LogP contribution in [0.4, 0.5) is 4.39 Å². The van der Waals surface area contributed by atoms with Crippen LogP contribution < -0.4 is 10.1 Å². The average molecular weight is 389 g/mol. The fraction of sp³-hybridized carbons (Fsp3) is 0.316. The van der Waals surface area contributed by atoms with Crippen molar-refractivity contribution in [3.8, 4) is 11.6 Å². The summed E-state index contributed by atoms with van der Waals surface area (Å²) in [4.78, 5) is 4.35. The third-order valence-electron chi connectivity index (χ3n) is 4.70. The predicted octanol–water partition coefficient (Wildman–Crippen LogP) is 2.70. The first kappa shape index (κ1) is 17.9. The second kappa shape index (κ2) is 6.94. The molecule has 1 aliphatic heterocycles. The standard InChI is InChI=1S/C19H20FN3O3S/c1-27(24,25)16-10-13-6-9-23(19(13)17(20)11-16)18-3-2-15(12-22-18)26-14-4-7-21-8-5-14/h2-3,6,9-12,14,21H,4-5,7-8H2,1H3.